The second kappa shape index (κ2) is 4.17. The molecule has 3 aliphatic rings. The first-order chi connectivity index (χ1) is 8.63. The highest BCUT2D eigenvalue weighted by molar-refractivity contribution is 5.77. The largest absolute Gasteiger partial charge is 0.298 e. The van der Waals surface area contributed by atoms with Crippen molar-refractivity contribution in [2.75, 3.05) is 0 Å². The second-order valence-corrected chi connectivity index (χ2v) is 5.76. The number of halogens is 2. The number of rotatable bonds is 3. The molecule has 0 aliphatic heterocycles. The molecule has 3 aliphatic carbocycles. The van der Waals surface area contributed by atoms with Crippen molar-refractivity contribution in [1.29, 1.82) is 0 Å². The normalized spacial score (nSPS) is 25.5. The third-order valence-corrected chi connectivity index (χ3v) is 4.73. The number of hydrogen-bond acceptors (Lipinski definition) is 1. The van der Waals surface area contributed by atoms with E-state index >= 15 is 0 Å². The van der Waals surface area contributed by atoms with E-state index < -0.39 is 6.43 Å². The third-order valence-electron chi connectivity index (χ3n) is 4.73. The van der Waals surface area contributed by atoms with Gasteiger partial charge in [0.1, 0.15) is 6.29 Å². The fourth-order valence-electron chi connectivity index (χ4n) is 3.34. The minimum Gasteiger partial charge on any atom is -0.298 e. The Labute approximate surface area is 105 Å². The SMILES string of the molecule is O=CC1=C(C2=C=C(C(F)F)C2)CC2(CCC2)CC1. The van der Waals surface area contributed by atoms with Gasteiger partial charge in [0.05, 0.1) is 0 Å². The van der Waals surface area contributed by atoms with Crippen LogP contribution in [0.1, 0.15) is 44.9 Å². The zero-order chi connectivity index (χ0) is 12.8. The van der Waals surface area contributed by atoms with E-state index in [2.05, 4.69) is 5.73 Å². The first-order valence-corrected chi connectivity index (χ1v) is 6.58. The Morgan fingerprint density at radius 1 is 1.28 bits per heavy atom. The molecule has 1 nitrogen and oxygen atoms in total. The summed E-state index contributed by atoms with van der Waals surface area (Å²) in [5, 5.41) is 0. The predicted octanol–water partition coefficient (Wildman–Crippen LogP) is 3.96. The lowest BCUT2D eigenvalue weighted by Gasteiger charge is -2.46. The molecule has 1 saturated carbocycles. The molecule has 0 amide bonds. The first kappa shape index (κ1) is 11.9. The Morgan fingerprint density at radius 2 is 2.00 bits per heavy atom. The first-order valence-electron chi connectivity index (χ1n) is 6.58. The predicted molar refractivity (Wildman–Crippen MR) is 64.4 cm³/mol. The summed E-state index contributed by atoms with van der Waals surface area (Å²) in [6.07, 6.45) is 5.35. The van der Waals surface area contributed by atoms with Crippen LogP contribution in [0.25, 0.3) is 0 Å². The van der Waals surface area contributed by atoms with Crippen LogP contribution in [0.3, 0.4) is 0 Å². The Bertz CT molecular complexity index is 489. The van der Waals surface area contributed by atoms with Crippen LogP contribution in [0, 0.1) is 5.41 Å². The quantitative estimate of drug-likeness (QED) is 0.547. The molecule has 0 aromatic rings. The summed E-state index contributed by atoms with van der Waals surface area (Å²) in [5.74, 6) is 0. The van der Waals surface area contributed by atoms with Gasteiger partial charge in [0, 0.05) is 17.6 Å². The smallest absolute Gasteiger partial charge is 0.267 e. The number of carbonyl (C=O) groups is 1. The van der Waals surface area contributed by atoms with Gasteiger partial charge in [-0.1, -0.05) is 6.42 Å². The summed E-state index contributed by atoms with van der Waals surface area (Å²) >= 11 is 0. The molecule has 1 spiro atoms. The molecule has 3 heteroatoms. The standard InChI is InChI=1S/C15H16F2O/c16-14(17)12-6-11(7-12)13-8-15(3-1-4-15)5-2-10(13)9-18/h9,14H,1-6,8H2. The maximum Gasteiger partial charge on any atom is 0.267 e. The Balaban J connectivity index is 1.91. The van der Waals surface area contributed by atoms with Gasteiger partial charge in [-0.05, 0) is 48.7 Å². The van der Waals surface area contributed by atoms with Crippen molar-refractivity contribution < 1.29 is 13.6 Å². The van der Waals surface area contributed by atoms with Crippen LogP contribution < -0.4 is 0 Å². The summed E-state index contributed by atoms with van der Waals surface area (Å²) in [5.41, 5.74) is 5.94. The highest BCUT2D eigenvalue weighted by Gasteiger charge is 2.41. The zero-order valence-electron chi connectivity index (χ0n) is 10.3. The molecule has 0 atom stereocenters. The van der Waals surface area contributed by atoms with Gasteiger partial charge in [-0.2, -0.15) is 0 Å². The lowest BCUT2D eigenvalue weighted by atomic mass is 9.58. The molecule has 0 unspecified atom stereocenters. The molecule has 0 bridgehead atoms. The van der Waals surface area contributed by atoms with E-state index in [1.165, 1.54) is 19.3 Å². The maximum atomic E-state index is 12.4. The van der Waals surface area contributed by atoms with Crippen molar-refractivity contribution in [3.63, 3.8) is 0 Å². The van der Waals surface area contributed by atoms with Crippen LogP contribution in [0.15, 0.2) is 28.0 Å². The summed E-state index contributed by atoms with van der Waals surface area (Å²) in [6.45, 7) is 0. The van der Waals surface area contributed by atoms with Crippen LogP contribution in [-0.4, -0.2) is 12.7 Å². The van der Waals surface area contributed by atoms with E-state index in [1.54, 1.807) is 0 Å². The van der Waals surface area contributed by atoms with Gasteiger partial charge < -0.3 is 0 Å². The fourth-order valence-corrected chi connectivity index (χ4v) is 3.34. The molecule has 0 aromatic heterocycles. The highest BCUT2D eigenvalue weighted by atomic mass is 19.3. The van der Waals surface area contributed by atoms with Crippen molar-refractivity contribution in [3.8, 4) is 0 Å². The number of alkyl halides is 2. The maximum absolute atomic E-state index is 12.4. The Hall–Kier alpha value is -1.21. The molecule has 0 N–H and O–H groups in total. The number of carbonyl (C=O) groups excluding carboxylic acids is 1. The minimum absolute atomic E-state index is 0.0935. The van der Waals surface area contributed by atoms with Gasteiger partial charge in [0.2, 0.25) is 0 Å². The highest BCUT2D eigenvalue weighted by Crippen LogP contribution is 2.54. The summed E-state index contributed by atoms with van der Waals surface area (Å²) in [6, 6.07) is 0. The van der Waals surface area contributed by atoms with E-state index in [-0.39, 0.29) is 5.57 Å². The van der Waals surface area contributed by atoms with E-state index in [9.17, 15) is 13.6 Å². The molecule has 0 aromatic carbocycles. The van der Waals surface area contributed by atoms with Crippen molar-refractivity contribution >= 4 is 6.29 Å². The van der Waals surface area contributed by atoms with Gasteiger partial charge in [-0.3, -0.25) is 4.79 Å². The number of hydrogen-bond donors (Lipinski definition) is 0. The summed E-state index contributed by atoms with van der Waals surface area (Å²) < 4.78 is 24.9. The minimum atomic E-state index is -2.39. The molecule has 0 heterocycles. The molecule has 3 rings (SSSR count). The Kier molecular flexibility index (Phi) is 2.74. The average Bonchev–Trinajstić information content (AvgIpc) is 2.24. The lowest BCUT2D eigenvalue weighted by molar-refractivity contribution is -0.105. The molecular formula is C15H16F2O. The molecule has 1 fully saturated rings. The zero-order valence-corrected chi connectivity index (χ0v) is 10.3. The Morgan fingerprint density at radius 3 is 2.50 bits per heavy atom. The monoisotopic (exact) mass is 250 g/mol. The summed E-state index contributed by atoms with van der Waals surface area (Å²) in [7, 11) is 0. The fraction of sp³-hybridized carbons (Fsp3) is 0.600. The third kappa shape index (κ3) is 1.78. The van der Waals surface area contributed by atoms with Gasteiger partial charge in [-0.25, -0.2) is 8.78 Å². The van der Waals surface area contributed by atoms with Crippen LogP contribution in [-0.2, 0) is 4.79 Å². The molecular weight excluding hydrogens is 234 g/mol. The van der Waals surface area contributed by atoms with Crippen LogP contribution >= 0.6 is 0 Å². The molecule has 0 radical (unpaired) electrons. The molecule has 96 valence electrons. The van der Waals surface area contributed by atoms with E-state index in [0.29, 0.717) is 11.8 Å². The van der Waals surface area contributed by atoms with E-state index in [4.69, 9.17) is 0 Å². The van der Waals surface area contributed by atoms with Crippen molar-refractivity contribution in [2.45, 2.75) is 51.4 Å². The summed E-state index contributed by atoms with van der Waals surface area (Å²) in [4.78, 5) is 11.1. The van der Waals surface area contributed by atoms with Crippen molar-refractivity contribution in [3.05, 3.63) is 28.0 Å². The van der Waals surface area contributed by atoms with Gasteiger partial charge >= 0.3 is 0 Å². The van der Waals surface area contributed by atoms with Crippen molar-refractivity contribution in [2.24, 2.45) is 5.41 Å². The van der Waals surface area contributed by atoms with E-state index in [0.717, 1.165) is 42.3 Å². The van der Waals surface area contributed by atoms with Gasteiger partial charge in [-0.15, -0.1) is 5.73 Å². The van der Waals surface area contributed by atoms with Crippen molar-refractivity contribution in [1.82, 2.24) is 0 Å². The number of allylic oxidation sites excluding steroid dienone is 3. The van der Waals surface area contributed by atoms with Gasteiger partial charge in [0.15, 0.2) is 0 Å². The lowest BCUT2D eigenvalue weighted by Crippen LogP contribution is -2.33. The van der Waals surface area contributed by atoms with Crippen LogP contribution in [0.4, 0.5) is 8.78 Å². The molecule has 18 heavy (non-hydrogen) atoms. The average molecular weight is 250 g/mol. The topological polar surface area (TPSA) is 17.1 Å². The second-order valence-electron chi connectivity index (χ2n) is 5.76. The van der Waals surface area contributed by atoms with Crippen LogP contribution in [0.2, 0.25) is 0 Å². The number of aldehydes is 1. The van der Waals surface area contributed by atoms with E-state index in [1.807, 2.05) is 0 Å². The molecule has 0 saturated heterocycles. The van der Waals surface area contributed by atoms with Gasteiger partial charge in [0.25, 0.3) is 6.43 Å². The van der Waals surface area contributed by atoms with Crippen LogP contribution in [0.5, 0.6) is 0 Å².